The lowest BCUT2D eigenvalue weighted by molar-refractivity contribution is 0.394. The molecule has 2 aromatic heterocycles. The van der Waals surface area contributed by atoms with E-state index in [1.807, 2.05) is 0 Å². The summed E-state index contributed by atoms with van der Waals surface area (Å²) in [7, 11) is 0. The van der Waals surface area contributed by atoms with Crippen LogP contribution in [0.3, 0.4) is 0 Å². The molecule has 1 fully saturated rings. The highest BCUT2D eigenvalue weighted by molar-refractivity contribution is 5.84. The summed E-state index contributed by atoms with van der Waals surface area (Å²) in [6, 6.07) is 0. The van der Waals surface area contributed by atoms with E-state index in [1.54, 1.807) is 6.33 Å². The minimum Gasteiger partial charge on any atom is -0.368 e. The lowest BCUT2D eigenvalue weighted by Gasteiger charge is -2.32. The lowest BCUT2D eigenvalue weighted by Crippen LogP contribution is -2.34. The molecule has 3 heterocycles. The predicted octanol–water partition coefficient (Wildman–Crippen LogP) is 1.56. The van der Waals surface area contributed by atoms with E-state index in [9.17, 15) is 0 Å². The second kappa shape index (κ2) is 4.44. The van der Waals surface area contributed by atoms with Gasteiger partial charge in [0.05, 0.1) is 6.33 Å². The van der Waals surface area contributed by atoms with Gasteiger partial charge in [-0.3, -0.25) is 0 Å². The molecule has 0 spiro atoms. The van der Waals surface area contributed by atoms with E-state index in [0.29, 0.717) is 11.6 Å². The fourth-order valence-electron chi connectivity index (χ4n) is 2.62. The van der Waals surface area contributed by atoms with Crippen LogP contribution in [0.4, 0.5) is 11.8 Å². The highest BCUT2D eigenvalue weighted by Gasteiger charge is 2.21. The quantitative estimate of drug-likeness (QED) is 0.840. The number of anilines is 2. The summed E-state index contributed by atoms with van der Waals surface area (Å²) >= 11 is 0. The van der Waals surface area contributed by atoms with Crippen molar-refractivity contribution in [1.29, 1.82) is 0 Å². The molecular formula is C12H18N6. The van der Waals surface area contributed by atoms with Crippen LogP contribution in [-0.2, 0) is 0 Å². The van der Waals surface area contributed by atoms with Crippen molar-refractivity contribution in [3.05, 3.63) is 6.33 Å². The average molecular weight is 246 g/mol. The van der Waals surface area contributed by atoms with Gasteiger partial charge in [0.1, 0.15) is 5.52 Å². The van der Waals surface area contributed by atoms with Crippen LogP contribution in [-0.4, -0.2) is 33.0 Å². The molecule has 0 atom stereocenters. The van der Waals surface area contributed by atoms with Crippen molar-refractivity contribution >= 4 is 22.9 Å². The Bertz CT molecular complexity index is 540. The number of imidazole rings is 1. The molecule has 0 bridgehead atoms. The van der Waals surface area contributed by atoms with Crippen molar-refractivity contribution in [3.8, 4) is 0 Å². The highest BCUT2D eigenvalue weighted by atomic mass is 15.2. The number of nitrogens with zero attached hydrogens (tertiary/aromatic N) is 4. The predicted molar refractivity (Wildman–Crippen MR) is 71.3 cm³/mol. The highest BCUT2D eigenvalue weighted by Crippen LogP contribution is 2.27. The van der Waals surface area contributed by atoms with Crippen LogP contribution in [0.1, 0.15) is 26.2 Å². The van der Waals surface area contributed by atoms with Crippen molar-refractivity contribution in [2.45, 2.75) is 26.2 Å². The van der Waals surface area contributed by atoms with E-state index >= 15 is 0 Å². The van der Waals surface area contributed by atoms with Crippen LogP contribution in [0.2, 0.25) is 0 Å². The summed E-state index contributed by atoms with van der Waals surface area (Å²) in [6.07, 6.45) is 5.34. The number of H-pyrrole nitrogens is 1. The number of nitrogen functional groups attached to an aromatic ring is 1. The van der Waals surface area contributed by atoms with Gasteiger partial charge in [-0.05, 0) is 18.8 Å². The molecule has 0 aliphatic carbocycles. The average Bonchev–Trinajstić information content (AvgIpc) is 2.86. The maximum absolute atomic E-state index is 5.74. The largest absolute Gasteiger partial charge is 0.368 e. The Labute approximate surface area is 106 Å². The van der Waals surface area contributed by atoms with Gasteiger partial charge in [0, 0.05) is 13.1 Å². The van der Waals surface area contributed by atoms with E-state index in [2.05, 4.69) is 31.8 Å². The number of rotatable bonds is 2. The van der Waals surface area contributed by atoms with E-state index < -0.39 is 0 Å². The molecule has 3 N–H and O–H groups in total. The van der Waals surface area contributed by atoms with Gasteiger partial charge in [0.15, 0.2) is 11.5 Å². The summed E-state index contributed by atoms with van der Waals surface area (Å²) in [5.74, 6) is 2.03. The number of piperidine rings is 1. The van der Waals surface area contributed by atoms with Crippen molar-refractivity contribution in [3.63, 3.8) is 0 Å². The van der Waals surface area contributed by atoms with E-state index in [1.165, 1.54) is 19.3 Å². The minimum atomic E-state index is 0.294. The number of aromatic amines is 1. The van der Waals surface area contributed by atoms with Crippen LogP contribution >= 0.6 is 0 Å². The number of hydrogen-bond donors (Lipinski definition) is 2. The lowest BCUT2D eigenvalue weighted by atomic mass is 9.94. The van der Waals surface area contributed by atoms with Gasteiger partial charge in [-0.25, -0.2) is 4.98 Å². The van der Waals surface area contributed by atoms with E-state index in [-0.39, 0.29) is 0 Å². The van der Waals surface area contributed by atoms with Gasteiger partial charge in [-0.15, -0.1) is 0 Å². The third-order valence-corrected chi connectivity index (χ3v) is 3.78. The SMILES string of the molecule is CCC1CCN(c2nc(N)nc3nc[nH]c23)CC1. The monoisotopic (exact) mass is 246 g/mol. The molecule has 1 aliphatic rings. The van der Waals surface area contributed by atoms with Crippen molar-refractivity contribution < 1.29 is 0 Å². The third-order valence-electron chi connectivity index (χ3n) is 3.78. The Morgan fingerprint density at radius 1 is 1.39 bits per heavy atom. The molecule has 1 aliphatic heterocycles. The Kier molecular flexibility index (Phi) is 2.77. The second-order valence-electron chi connectivity index (χ2n) is 4.85. The Morgan fingerprint density at radius 3 is 2.89 bits per heavy atom. The number of aromatic nitrogens is 4. The summed E-state index contributed by atoms with van der Waals surface area (Å²) in [5, 5.41) is 0. The Morgan fingerprint density at radius 2 is 2.17 bits per heavy atom. The molecule has 3 rings (SSSR count). The van der Waals surface area contributed by atoms with Crippen LogP contribution in [0.25, 0.3) is 11.2 Å². The third kappa shape index (κ3) is 1.87. The van der Waals surface area contributed by atoms with Crippen molar-refractivity contribution in [2.75, 3.05) is 23.7 Å². The maximum atomic E-state index is 5.74. The first-order chi connectivity index (χ1) is 8.78. The summed E-state index contributed by atoms with van der Waals surface area (Å²) < 4.78 is 0. The maximum Gasteiger partial charge on any atom is 0.224 e. The van der Waals surface area contributed by atoms with Crippen LogP contribution < -0.4 is 10.6 Å². The van der Waals surface area contributed by atoms with E-state index in [0.717, 1.165) is 30.3 Å². The van der Waals surface area contributed by atoms with Gasteiger partial charge in [-0.2, -0.15) is 9.97 Å². The fraction of sp³-hybridized carbons (Fsp3) is 0.583. The van der Waals surface area contributed by atoms with Gasteiger partial charge >= 0.3 is 0 Å². The Hall–Kier alpha value is -1.85. The molecular weight excluding hydrogens is 228 g/mol. The van der Waals surface area contributed by atoms with Crippen LogP contribution in [0.15, 0.2) is 6.33 Å². The zero-order valence-corrected chi connectivity index (χ0v) is 10.6. The molecule has 0 radical (unpaired) electrons. The molecule has 2 aromatic rings. The molecule has 0 amide bonds. The van der Waals surface area contributed by atoms with Gasteiger partial charge in [0.2, 0.25) is 5.95 Å². The van der Waals surface area contributed by atoms with Gasteiger partial charge in [0.25, 0.3) is 0 Å². The molecule has 0 saturated carbocycles. The van der Waals surface area contributed by atoms with E-state index in [4.69, 9.17) is 5.73 Å². The molecule has 1 saturated heterocycles. The smallest absolute Gasteiger partial charge is 0.224 e. The summed E-state index contributed by atoms with van der Waals surface area (Å²) in [4.78, 5) is 18.0. The Balaban J connectivity index is 1.92. The summed E-state index contributed by atoms with van der Waals surface area (Å²) in [6.45, 7) is 4.32. The molecule has 0 aromatic carbocycles. The minimum absolute atomic E-state index is 0.294. The first-order valence-corrected chi connectivity index (χ1v) is 6.49. The van der Waals surface area contributed by atoms with Crippen molar-refractivity contribution in [2.24, 2.45) is 5.92 Å². The fourth-order valence-corrected chi connectivity index (χ4v) is 2.62. The first-order valence-electron chi connectivity index (χ1n) is 6.49. The first kappa shape index (κ1) is 11.3. The van der Waals surface area contributed by atoms with Gasteiger partial charge < -0.3 is 15.6 Å². The number of fused-ring (bicyclic) bond motifs is 1. The summed E-state index contributed by atoms with van der Waals surface area (Å²) in [5.41, 5.74) is 7.28. The molecule has 6 nitrogen and oxygen atoms in total. The van der Waals surface area contributed by atoms with Crippen molar-refractivity contribution in [1.82, 2.24) is 19.9 Å². The van der Waals surface area contributed by atoms with Gasteiger partial charge in [-0.1, -0.05) is 13.3 Å². The topological polar surface area (TPSA) is 83.7 Å². The van der Waals surface area contributed by atoms with Crippen LogP contribution in [0, 0.1) is 5.92 Å². The zero-order chi connectivity index (χ0) is 12.5. The molecule has 18 heavy (non-hydrogen) atoms. The normalized spacial score (nSPS) is 17.5. The second-order valence-corrected chi connectivity index (χ2v) is 4.85. The standard InChI is InChI=1S/C12H18N6/c1-2-8-3-5-18(6-4-8)11-9-10(15-7-14-9)16-12(13)17-11/h7-8H,2-6H2,1H3,(H3,13,14,15,16,17). The molecule has 0 unspecified atom stereocenters. The number of nitrogens with two attached hydrogens (primary N) is 1. The molecule has 6 heteroatoms. The van der Waals surface area contributed by atoms with Crippen LogP contribution in [0.5, 0.6) is 0 Å². The number of hydrogen-bond acceptors (Lipinski definition) is 5. The molecule has 96 valence electrons. The number of nitrogens with one attached hydrogen (secondary N) is 1. The zero-order valence-electron chi connectivity index (χ0n) is 10.6.